The number of piperidine rings is 1. The summed E-state index contributed by atoms with van der Waals surface area (Å²) in [6, 6.07) is 8.25. The van der Waals surface area contributed by atoms with E-state index >= 15 is 0 Å². The smallest absolute Gasteiger partial charge is 0.0602 e. The summed E-state index contributed by atoms with van der Waals surface area (Å²) in [5.74, 6) is 2.89. The molecule has 198 valence electrons. The third-order valence-electron chi connectivity index (χ3n) is 9.14. The molecule has 36 heavy (non-hydrogen) atoms. The molecule has 0 N–H and O–H groups in total. The van der Waals surface area contributed by atoms with Crippen LogP contribution in [0.25, 0.3) is 0 Å². The molecule has 1 aromatic carbocycles. The molecule has 1 unspecified atom stereocenters. The summed E-state index contributed by atoms with van der Waals surface area (Å²) < 4.78 is 6.02. The van der Waals surface area contributed by atoms with E-state index in [1.165, 1.54) is 82.1 Å². The zero-order chi connectivity index (χ0) is 24.9. The van der Waals surface area contributed by atoms with Gasteiger partial charge in [-0.1, -0.05) is 48.5 Å². The molecule has 3 aliphatic rings. The van der Waals surface area contributed by atoms with Gasteiger partial charge >= 0.3 is 0 Å². The third kappa shape index (κ3) is 6.87. The number of rotatable bonds is 9. The lowest BCUT2D eigenvalue weighted by Gasteiger charge is -2.37. The Morgan fingerprint density at radius 3 is 2.50 bits per heavy atom. The maximum atomic E-state index is 6.52. The first-order valence-corrected chi connectivity index (χ1v) is 15.7. The minimum Gasteiger partial charge on any atom is -0.381 e. The molecular formula is C30H42Cl2N2OS. The first-order chi connectivity index (χ1) is 17.6. The maximum Gasteiger partial charge on any atom is 0.0602 e. The van der Waals surface area contributed by atoms with Crippen molar-refractivity contribution >= 4 is 34.5 Å². The molecule has 1 aliphatic carbocycles. The first kappa shape index (κ1) is 27.0. The molecule has 3 atom stereocenters. The first-order valence-electron chi connectivity index (χ1n) is 14.0. The molecule has 3 nitrogen and oxygen atoms in total. The average molecular weight is 550 g/mol. The van der Waals surface area contributed by atoms with E-state index in [9.17, 15) is 0 Å². The summed E-state index contributed by atoms with van der Waals surface area (Å²) in [6.07, 6.45) is 11.4. The van der Waals surface area contributed by atoms with Gasteiger partial charge in [0.1, 0.15) is 0 Å². The molecule has 0 spiro atoms. The van der Waals surface area contributed by atoms with Crippen LogP contribution in [0.5, 0.6) is 0 Å². The summed E-state index contributed by atoms with van der Waals surface area (Å²) in [5, 5.41) is 6.08. The highest BCUT2D eigenvalue weighted by Crippen LogP contribution is 2.37. The molecule has 1 saturated carbocycles. The van der Waals surface area contributed by atoms with Gasteiger partial charge in [0, 0.05) is 49.3 Å². The van der Waals surface area contributed by atoms with Crippen molar-refractivity contribution in [1.29, 1.82) is 0 Å². The summed E-state index contributed by atoms with van der Waals surface area (Å²) in [5.41, 5.74) is 2.69. The van der Waals surface area contributed by atoms with Crippen LogP contribution in [0.1, 0.15) is 68.4 Å². The van der Waals surface area contributed by atoms with Gasteiger partial charge in [-0.2, -0.15) is 11.3 Å². The summed E-state index contributed by atoms with van der Waals surface area (Å²) in [4.78, 5) is 5.35. The van der Waals surface area contributed by atoms with Gasteiger partial charge in [-0.25, -0.2) is 0 Å². The fourth-order valence-corrected chi connectivity index (χ4v) is 8.27. The summed E-state index contributed by atoms with van der Waals surface area (Å²) in [7, 11) is 1.95. The Morgan fingerprint density at radius 2 is 1.81 bits per heavy atom. The fraction of sp³-hybridized carbons (Fsp3) is 0.667. The Balaban J connectivity index is 1.16. The van der Waals surface area contributed by atoms with Gasteiger partial charge in [0.15, 0.2) is 0 Å². The zero-order valence-corrected chi connectivity index (χ0v) is 24.0. The number of nitrogens with zero attached hydrogens (tertiary/aromatic N) is 2. The van der Waals surface area contributed by atoms with Crippen molar-refractivity contribution in [3.63, 3.8) is 0 Å². The molecule has 2 aromatic rings. The van der Waals surface area contributed by atoms with Crippen LogP contribution in [0.15, 0.2) is 35.0 Å². The van der Waals surface area contributed by atoms with E-state index in [1.807, 2.05) is 30.6 Å². The van der Waals surface area contributed by atoms with Crippen LogP contribution in [-0.2, 0) is 11.3 Å². The lowest BCUT2D eigenvalue weighted by molar-refractivity contribution is 0.00954. The molecular weight excluding hydrogens is 507 g/mol. The fourth-order valence-electron chi connectivity index (χ4n) is 7.08. The highest BCUT2D eigenvalue weighted by Gasteiger charge is 2.36. The number of thiophene rings is 1. The second-order valence-corrected chi connectivity index (χ2v) is 13.1. The van der Waals surface area contributed by atoms with Gasteiger partial charge < -0.3 is 9.64 Å². The second kappa shape index (κ2) is 13.0. The number of methoxy groups -OCH3 is 1. The van der Waals surface area contributed by atoms with Crippen molar-refractivity contribution in [3.05, 3.63) is 56.2 Å². The van der Waals surface area contributed by atoms with Gasteiger partial charge in [-0.15, -0.1) is 0 Å². The molecule has 5 rings (SSSR count). The van der Waals surface area contributed by atoms with E-state index in [0.717, 1.165) is 36.5 Å². The Kier molecular flexibility index (Phi) is 9.70. The maximum absolute atomic E-state index is 6.52. The van der Waals surface area contributed by atoms with Crippen LogP contribution in [0.2, 0.25) is 10.0 Å². The highest BCUT2D eigenvalue weighted by molar-refractivity contribution is 7.08. The number of benzene rings is 1. The third-order valence-corrected chi connectivity index (χ3v) is 10.4. The predicted molar refractivity (Wildman–Crippen MR) is 153 cm³/mol. The average Bonchev–Trinajstić information content (AvgIpc) is 3.56. The molecule has 3 heterocycles. The van der Waals surface area contributed by atoms with Gasteiger partial charge in [-0.3, -0.25) is 4.90 Å². The van der Waals surface area contributed by atoms with E-state index in [1.54, 1.807) is 0 Å². The molecule has 0 amide bonds. The SMILES string of the molecule is COC(CC1CCN(C[C@H]2CN(Cc3ccc(Cl)cc3Cl)C[C@@H]2c2ccsc2)CC1)C1CCCCC1. The zero-order valence-electron chi connectivity index (χ0n) is 21.7. The molecule has 0 radical (unpaired) electrons. The van der Waals surface area contributed by atoms with Crippen LogP contribution in [0.4, 0.5) is 0 Å². The van der Waals surface area contributed by atoms with Crippen molar-refractivity contribution in [1.82, 2.24) is 9.80 Å². The Hall–Kier alpha value is -0.620. The van der Waals surface area contributed by atoms with E-state index in [0.29, 0.717) is 23.0 Å². The molecule has 1 aromatic heterocycles. The largest absolute Gasteiger partial charge is 0.381 e. The topological polar surface area (TPSA) is 15.7 Å². The lowest BCUT2D eigenvalue weighted by atomic mass is 9.80. The van der Waals surface area contributed by atoms with Crippen LogP contribution in [0, 0.1) is 17.8 Å². The van der Waals surface area contributed by atoms with Gasteiger partial charge in [-0.05, 0) is 103 Å². The highest BCUT2D eigenvalue weighted by atomic mass is 35.5. The second-order valence-electron chi connectivity index (χ2n) is 11.5. The van der Waals surface area contributed by atoms with E-state index < -0.39 is 0 Å². The number of likely N-dealkylation sites (tertiary alicyclic amines) is 2. The molecule has 2 aliphatic heterocycles. The number of hydrogen-bond acceptors (Lipinski definition) is 4. The van der Waals surface area contributed by atoms with Gasteiger partial charge in [0.05, 0.1) is 6.10 Å². The Morgan fingerprint density at radius 1 is 1.00 bits per heavy atom. The quantitative estimate of drug-likeness (QED) is 0.316. The monoisotopic (exact) mass is 548 g/mol. The van der Waals surface area contributed by atoms with Gasteiger partial charge in [0.2, 0.25) is 0 Å². The minimum atomic E-state index is 0.480. The normalized spacial score (nSPS) is 26.0. The summed E-state index contributed by atoms with van der Waals surface area (Å²) >= 11 is 14.5. The van der Waals surface area contributed by atoms with Crippen LogP contribution in [-0.4, -0.2) is 55.7 Å². The standard InChI is InChI=1S/C30H42Cl2N2OS/c1-35-30(23-5-3-2-4-6-23)15-22-9-12-33(13-10-22)18-26-19-34(20-28(26)25-11-14-36-21-25)17-24-7-8-27(31)16-29(24)32/h7-8,11,14,16,21-23,26,28,30H,2-6,9-10,12-13,15,17-20H2,1H3/t26-,28+,30?/m0/s1. The minimum absolute atomic E-state index is 0.480. The van der Waals surface area contributed by atoms with Crippen LogP contribution < -0.4 is 0 Å². The number of halogens is 2. The molecule has 0 bridgehead atoms. The molecule has 2 saturated heterocycles. The Labute approximate surface area is 232 Å². The van der Waals surface area contributed by atoms with E-state index in [2.05, 4.69) is 32.7 Å². The molecule has 3 fully saturated rings. The summed E-state index contributed by atoms with van der Waals surface area (Å²) in [6.45, 7) is 6.81. The van der Waals surface area contributed by atoms with E-state index in [-0.39, 0.29) is 0 Å². The Bertz CT molecular complexity index is 940. The lowest BCUT2D eigenvalue weighted by Crippen LogP contribution is -2.40. The van der Waals surface area contributed by atoms with Crippen molar-refractivity contribution in [2.24, 2.45) is 17.8 Å². The number of ether oxygens (including phenoxy) is 1. The molecule has 6 heteroatoms. The van der Waals surface area contributed by atoms with Crippen molar-refractivity contribution in [2.75, 3.05) is 39.8 Å². The van der Waals surface area contributed by atoms with Crippen LogP contribution in [0.3, 0.4) is 0 Å². The van der Waals surface area contributed by atoms with Gasteiger partial charge in [0.25, 0.3) is 0 Å². The predicted octanol–water partition coefficient (Wildman–Crippen LogP) is 7.97. The van der Waals surface area contributed by atoms with Crippen molar-refractivity contribution < 1.29 is 4.74 Å². The number of hydrogen-bond donors (Lipinski definition) is 0. The van der Waals surface area contributed by atoms with Crippen molar-refractivity contribution in [3.8, 4) is 0 Å². The van der Waals surface area contributed by atoms with Crippen LogP contribution >= 0.6 is 34.5 Å². The van der Waals surface area contributed by atoms with Crippen molar-refractivity contribution in [2.45, 2.75) is 69.9 Å². The van der Waals surface area contributed by atoms with E-state index in [4.69, 9.17) is 27.9 Å².